The summed E-state index contributed by atoms with van der Waals surface area (Å²) in [5, 5.41) is 0. The van der Waals surface area contributed by atoms with Crippen LogP contribution in [-0.2, 0) is 0 Å². The quantitative estimate of drug-likeness (QED) is 0.695. The maximum absolute atomic E-state index is 5.61. The van der Waals surface area contributed by atoms with Crippen LogP contribution in [0.3, 0.4) is 0 Å². The van der Waals surface area contributed by atoms with Crippen LogP contribution in [0.5, 0.6) is 5.75 Å². The van der Waals surface area contributed by atoms with E-state index in [2.05, 4.69) is 24.3 Å². The van der Waals surface area contributed by atoms with Gasteiger partial charge >= 0.3 is 0 Å². The van der Waals surface area contributed by atoms with E-state index in [4.69, 9.17) is 4.74 Å². The molecule has 0 saturated heterocycles. The lowest BCUT2D eigenvalue weighted by Crippen LogP contribution is -1.87. The molecule has 0 amide bonds. The van der Waals surface area contributed by atoms with E-state index in [1.165, 1.54) is 16.7 Å². The van der Waals surface area contributed by atoms with Gasteiger partial charge in [-0.25, -0.2) is 0 Å². The van der Waals surface area contributed by atoms with Crippen molar-refractivity contribution in [3.8, 4) is 5.75 Å². The number of hydrogen-bond acceptors (Lipinski definition) is 1. The molecule has 1 aliphatic rings. The third-order valence-corrected chi connectivity index (χ3v) is 2.76. The zero-order chi connectivity index (χ0) is 10.8. The number of fused-ring (bicyclic) bond motifs is 1. The molecule has 1 aliphatic heterocycles. The van der Waals surface area contributed by atoms with Crippen molar-refractivity contribution in [1.82, 2.24) is 0 Å². The average molecular weight is 208 g/mol. The topological polar surface area (TPSA) is 9.23 Å². The molecule has 2 aromatic rings. The molecule has 1 nitrogen and oxygen atoms in total. The molecule has 0 saturated carbocycles. The first-order valence-electron chi connectivity index (χ1n) is 5.41. The van der Waals surface area contributed by atoms with Gasteiger partial charge in [-0.1, -0.05) is 48.5 Å². The van der Waals surface area contributed by atoms with Crippen LogP contribution in [0.25, 0.3) is 11.6 Å². The van der Waals surface area contributed by atoms with Gasteiger partial charge in [0, 0.05) is 11.1 Å². The Morgan fingerprint density at radius 2 is 1.62 bits per heavy atom. The molecule has 0 N–H and O–H groups in total. The van der Waals surface area contributed by atoms with Crippen molar-refractivity contribution in [2.24, 2.45) is 0 Å². The van der Waals surface area contributed by atoms with Crippen molar-refractivity contribution in [2.75, 3.05) is 6.61 Å². The monoisotopic (exact) mass is 208 g/mol. The summed E-state index contributed by atoms with van der Waals surface area (Å²) in [6, 6.07) is 18.5. The molecule has 1 heteroatoms. The second kappa shape index (κ2) is 3.86. The highest BCUT2D eigenvalue weighted by molar-refractivity contribution is 5.86. The van der Waals surface area contributed by atoms with E-state index in [1.807, 2.05) is 36.4 Å². The summed E-state index contributed by atoms with van der Waals surface area (Å²) in [6.07, 6.45) is 2.19. The van der Waals surface area contributed by atoms with Gasteiger partial charge in [0.05, 0.1) is 0 Å². The van der Waals surface area contributed by atoms with Gasteiger partial charge in [-0.3, -0.25) is 0 Å². The molecule has 0 unspecified atom stereocenters. The highest BCUT2D eigenvalue weighted by Crippen LogP contribution is 2.33. The van der Waals surface area contributed by atoms with Crippen LogP contribution < -0.4 is 4.74 Å². The lowest BCUT2D eigenvalue weighted by molar-refractivity contribution is 0.389. The molecular formula is C15H12O. The van der Waals surface area contributed by atoms with Crippen molar-refractivity contribution in [1.29, 1.82) is 0 Å². The van der Waals surface area contributed by atoms with Crippen LogP contribution in [-0.4, -0.2) is 6.61 Å². The largest absolute Gasteiger partial charge is 0.488 e. The van der Waals surface area contributed by atoms with Crippen molar-refractivity contribution in [3.63, 3.8) is 0 Å². The molecule has 0 fully saturated rings. The Morgan fingerprint density at radius 3 is 2.50 bits per heavy atom. The number of hydrogen-bond donors (Lipinski definition) is 0. The number of ether oxygens (including phenoxy) is 1. The highest BCUT2D eigenvalue weighted by Gasteiger charge is 2.15. The van der Waals surface area contributed by atoms with Gasteiger partial charge in [0.25, 0.3) is 0 Å². The highest BCUT2D eigenvalue weighted by atomic mass is 16.5. The van der Waals surface area contributed by atoms with E-state index in [0.717, 1.165) is 5.75 Å². The summed E-state index contributed by atoms with van der Waals surface area (Å²) < 4.78 is 5.61. The predicted octanol–water partition coefficient (Wildman–Crippen LogP) is 3.62. The van der Waals surface area contributed by atoms with Gasteiger partial charge in [0.2, 0.25) is 0 Å². The maximum Gasteiger partial charge on any atom is 0.127 e. The Morgan fingerprint density at radius 1 is 0.875 bits per heavy atom. The van der Waals surface area contributed by atoms with Crippen LogP contribution in [0.1, 0.15) is 11.1 Å². The molecule has 1 heterocycles. The number of rotatable bonds is 1. The lowest BCUT2D eigenvalue weighted by atomic mass is 10.0. The van der Waals surface area contributed by atoms with Crippen LogP contribution in [0.4, 0.5) is 0 Å². The van der Waals surface area contributed by atoms with Crippen molar-refractivity contribution >= 4 is 11.6 Å². The van der Waals surface area contributed by atoms with Crippen LogP contribution in [0.15, 0.2) is 54.6 Å². The SMILES string of the molecule is C(=C1COc2ccccc21)c1ccccc1. The molecule has 3 rings (SSSR count). The summed E-state index contributed by atoms with van der Waals surface area (Å²) >= 11 is 0. The minimum absolute atomic E-state index is 0.675. The number of benzene rings is 2. The fourth-order valence-corrected chi connectivity index (χ4v) is 1.96. The van der Waals surface area contributed by atoms with E-state index < -0.39 is 0 Å². The minimum Gasteiger partial charge on any atom is -0.488 e. The summed E-state index contributed by atoms with van der Waals surface area (Å²) in [7, 11) is 0. The van der Waals surface area contributed by atoms with Gasteiger partial charge in [0.15, 0.2) is 0 Å². The zero-order valence-electron chi connectivity index (χ0n) is 8.89. The normalized spacial score (nSPS) is 15.9. The Hall–Kier alpha value is -2.02. The lowest BCUT2D eigenvalue weighted by Gasteiger charge is -1.97. The predicted molar refractivity (Wildman–Crippen MR) is 66.3 cm³/mol. The smallest absolute Gasteiger partial charge is 0.127 e. The molecule has 2 aromatic carbocycles. The van der Waals surface area contributed by atoms with Gasteiger partial charge in [-0.15, -0.1) is 0 Å². The molecule has 0 atom stereocenters. The van der Waals surface area contributed by atoms with Gasteiger partial charge in [-0.05, 0) is 17.7 Å². The van der Waals surface area contributed by atoms with Crippen LogP contribution >= 0.6 is 0 Å². The summed E-state index contributed by atoms with van der Waals surface area (Å²) in [5.41, 5.74) is 3.69. The minimum atomic E-state index is 0.675. The van der Waals surface area contributed by atoms with Gasteiger partial charge in [-0.2, -0.15) is 0 Å². The van der Waals surface area contributed by atoms with E-state index in [1.54, 1.807) is 0 Å². The first-order valence-corrected chi connectivity index (χ1v) is 5.41. The Bertz CT molecular complexity index is 526. The molecular weight excluding hydrogens is 196 g/mol. The summed E-state index contributed by atoms with van der Waals surface area (Å²) in [5.74, 6) is 0.990. The zero-order valence-corrected chi connectivity index (χ0v) is 8.89. The molecule has 16 heavy (non-hydrogen) atoms. The fourth-order valence-electron chi connectivity index (χ4n) is 1.96. The van der Waals surface area contributed by atoms with E-state index in [-0.39, 0.29) is 0 Å². The third kappa shape index (κ3) is 1.61. The average Bonchev–Trinajstić information content (AvgIpc) is 2.74. The standard InChI is InChI=1S/C15H12O/c1-2-6-12(7-3-1)10-13-11-16-15-9-5-4-8-14(13)15/h1-10H,11H2. The van der Waals surface area contributed by atoms with Crippen molar-refractivity contribution in [3.05, 3.63) is 65.7 Å². The van der Waals surface area contributed by atoms with E-state index in [0.29, 0.717) is 6.61 Å². The summed E-state index contributed by atoms with van der Waals surface area (Å²) in [6.45, 7) is 0.675. The molecule has 0 spiro atoms. The fraction of sp³-hybridized carbons (Fsp3) is 0.0667. The molecule has 0 radical (unpaired) electrons. The second-order valence-electron chi connectivity index (χ2n) is 3.87. The molecule has 78 valence electrons. The van der Waals surface area contributed by atoms with E-state index in [9.17, 15) is 0 Å². The first kappa shape index (κ1) is 9.22. The first-order chi connectivity index (χ1) is 7.93. The van der Waals surface area contributed by atoms with Crippen LogP contribution in [0.2, 0.25) is 0 Å². The Balaban J connectivity index is 2.02. The molecule has 0 bridgehead atoms. The second-order valence-corrected chi connectivity index (χ2v) is 3.87. The number of para-hydroxylation sites is 1. The summed E-state index contributed by atoms with van der Waals surface area (Å²) in [4.78, 5) is 0. The molecule has 0 aliphatic carbocycles. The van der Waals surface area contributed by atoms with E-state index >= 15 is 0 Å². The maximum atomic E-state index is 5.61. The third-order valence-electron chi connectivity index (χ3n) is 2.76. The van der Waals surface area contributed by atoms with Crippen molar-refractivity contribution in [2.45, 2.75) is 0 Å². The van der Waals surface area contributed by atoms with Crippen molar-refractivity contribution < 1.29 is 4.74 Å². The Kier molecular flexibility index (Phi) is 2.22. The van der Waals surface area contributed by atoms with Gasteiger partial charge < -0.3 is 4.74 Å². The van der Waals surface area contributed by atoms with Gasteiger partial charge in [0.1, 0.15) is 12.4 Å². The molecule has 0 aromatic heterocycles. The van der Waals surface area contributed by atoms with Crippen LogP contribution in [0, 0.1) is 0 Å². The Labute approximate surface area is 95.0 Å².